The lowest BCUT2D eigenvalue weighted by Crippen LogP contribution is -2.42. The summed E-state index contributed by atoms with van der Waals surface area (Å²) in [7, 11) is 0. The van der Waals surface area contributed by atoms with Crippen LogP contribution in [-0.4, -0.2) is 12.6 Å². The maximum atomic E-state index is 5.71. The van der Waals surface area contributed by atoms with Crippen molar-refractivity contribution in [3.8, 4) is 0 Å². The van der Waals surface area contributed by atoms with Crippen LogP contribution in [0, 0.1) is 17.8 Å². The van der Waals surface area contributed by atoms with Gasteiger partial charge in [-0.25, -0.2) is 0 Å². The Balaban J connectivity index is 1.80. The zero-order valence-corrected chi connectivity index (χ0v) is 12.3. The van der Waals surface area contributed by atoms with E-state index < -0.39 is 0 Å². The van der Waals surface area contributed by atoms with Crippen molar-refractivity contribution in [2.75, 3.05) is 6.61 Å². The Kier molecular flexibility index (Phi) is 5.97. The van der Waals surface area contributed by atoms with Crippen molar-refractivity contribution in [2.45, 2.75) is 77.7 Å². The predicted molar refractivity (Wildman–Crippen MR) is 76.2 cm³/mol. The van der Waals surface area contributed by atoms with Crippen LogP contribution in [0.25, 0.3) is 0 Å². The van der Waals surface area contributed by atoms with Crippen molar-refractivity contribution < 1.29 is 4.84 Å². The molecule has 18 heavy (non-hydrogen) atoms. The normalized spacial score (nSPS) is 30.8. The van der Waals surface area contributed by atoms with Crippen LogP contribution in [0.2, 0.25) is 0 Å². The van der Waals surface area contributed by atoms with E-state index >= 15 is 0 Å². The van der Waals surface area contributed by atoms with Crippen molar-refractivity contribution in [2.24, 2.45) is 17.8 Å². The molecular weight excluding hydrogens is 222 g/mol. The second kappa shape index (κ2) is 7.49. The molecule has 1 N–H and O–H groups in total. The van der Waals surface area contributed by atoms with E-state index in [2.05, 4.69) is 19.3 Å². The van der Waals surface area contributed by atoms with E-state index in [1.54, 1.807) is 0 Å². The zero-order chi connectivity index (χ0) is 12.8. The fraction of sp³-hybridized carbons (Fsp3) is 1.00. The molecule has 0 saturated heterocycles. The summed E-state index contributed by atoms with van der Waals surface area (Å²) >= 11 is 0. The molecule has 2 saturated carbocycles. The molecule has 0 aromatic rings. The molecule has 2 rings (SSSR count). The first-order valence-electron chi connectivity index (χ1n) is 8.14. The van der Waals surface area contributed by atoms with Gasteiger partial charge in [0.25, 0.3) is 0 Å². The summed E-state index contributed by atoms with van der Waals surface area (Å²) in [5.41, 5.74) is 3.40. The van der Waals surface area contributed by atoms with Crippen molar-refractivity contribution >= 4 is 0 Å². The lowest BCUT2D eigenvalue weighted by molar-refractivity contribution is -0.0329. The van der Waals surface area contributed by atoms with E-state index in [9.17, 15) is 0 Å². The number of hydrogen-bond donors (Lipinski definition) is 1. The van der Waals surface area contributed by atoms with E-state index in [1.807, 2.05) is 0 Å². The Morgan fingerprint density at radius 1 is 0.944 bits per heavy atom. The van der Waals surface area contributed by atoms with Crippen molar-refractivity contribution in [3.05, 3.63) is 0 Å². The molecule has 2 aliphatic rings. The quantitative estimate of drug-likeness (QED) is 0.737. The van der Waals surface area contributed by atoms with Gasteiger partial charge in [0.15, 0.2) is 0 Å². The molecule has 2 atom stereocenters. The highest BCUT2D eigenvalue weighted by Gasteiger charge is 2.32. The Morgan fingerprint density at radius 3 is 2.33 bits per heavy atom. The second-order valence-corrected chi connectivity index (χ2v) is 6.78. The number of hydroxylamine groups is 1. The fourth-order valence-corrected chi connectivity index (χ4v) is 3.75. The third-order valence-corrected chi connectivity index (χ3v) is 4.73. The number of nitrogens with one attached hydrogen (secondary N) is 1. The van der Waals surface area contributed by atoms with Gasteiger partial charge in [-0.05, 0) is 30.6 Å². The highest BCUT2D eigenvalue weighted by molar-refractivity contribution is 4.85. The fourth-order valence-electron chi connectivity index (χ4n) is 3.75. The Hall–Kier alpha value is -0.0800. The van der Waals surface area contributed by atoms with Crippen LogP contribution < -0.4 is 5.48 Å². The van der Waals surface area contributed by atoms with E-state index in [4.69, 9.17) is 4.84 Å². The standard InChI is InChI=1S/C16H31NO/c1-13(2)12-18-17-16-11-7-6-10-15(16)14-8-4-3-5-9-14/h13-17H,3-12H2,1-2H3. The highest BCUT2D eigenvalue weighted by Crippen LogP contribution is 2.38. The Bertz CT molecular complexity index is 223. The van der Waals surface area contributed by atoms with Crippen LogP contribution in [0.4, 0.5) is 0 Å². The molecule has 0 bridgehead atoms. The largest absolute Gasteiger partial charge is 0.301 e. The second-order valence-electron chi connectivity index (χ2n) is 6.78. The smallest absolute Gasteiger partial charge is 0.0705 e. The molecule has 2 fully saturated rings. The molecule has 2 heteroatoms. The predicted octanol–water partition coefficient (Wildman–Crippen LogP) is 4.30. The summed E-state index contributed by atoms with van der Waals surface area (Å²) < 4.78 is 0. The van der Waals surface area contributed by atoms with Crippen LogP contribution in [0.1, 0.15) is 71.6 Å². The molecule has 0 aromatic carbocycles. The van der Waals surface area contributed by atoms with Gasteiger partial charge in [0, 0.05) is 6.04 Å². The molecule has 2 unspecified atom stereocenters. The molecule has 2 nitrogen and oxygen atoms in total. The highest BCUT2D eigenvalue weighted by atomic mass is 16.6. The van der Waals surface area contributed by atoms with Gasteiger partial charge >= 0.3 is 0 Å². The zero-order valence-electron chi connectivity index (χ0n) is 12.3. The topological polar surface area (TPSA) is 21.3 Å². The van der Waals surface area contributed by atoms with Crippen LogP contribution in [0.15, 0.2) is 0 Å². The van der Waals surface area contributed by atoms with Crippen LogP contribution >= 0.6 is 0 Å². The molecule has 2 aliphatic carbocycles. The van der Waals surface area contributed by atoms with Gasteiger partial charge in [0.1, 0.15) is 0 Å². The molecule has 0 spiro atoms. The summed E-state index contributed by atoms with van der Waals surface area (Å²) in [6, 6.07) is 0.626. The summed E-state index contributed by atoms with van der Waals surface area (Å²) in [6.45, 7) is 5.26. The van der Waals surface area contributed by atoms with Crippen LogP contribution in [0.5, 0.6) is 0 Å². The van der Waals surface area contributed by atoms with Crippen molar-refractivity contribution in [3.63, 3.8) is 0 Å². The molecule has 0 aliphatic heterocycles. The van der Waals surface area contributed by atoms with Gasteiger partial charge in [-0.2, -0.15) is 5.48 Å². The third-order valence-electron chi connectivity index (χ3n) is 4.73. The van der Waals surface area contributed by atoms with Gasteiger partial charge in [-0.15, -0.1) is 0 Å². The van der Waals surface area contributed by atoms with E-state index in [-0.39, 0.29) is 0 Å². The maximum Gasteiger partial charge on any atom is 0.0705 e. The minimum absolute atomic E-state index is 0.620. The molecule has 0 radical (unpaired) electrons. The van der Waals surface area contributed by atoms with E-state index in [0.717, 1.165) is 18.4 Å². The SMILES string of the molecule is CC(C)CONC1CCCCC1C1CCCCC1. The van der Waals surface area contributed by atoms with Gasteiger partial charge in [0.05, 0.1) is 6.61 Å². The first kappa shape index (κ1) is 14.3. The van der Waals surface area contributed by atoms with Crippen molar-refractivity contribution in [1.29, 1.82) is 0 Å². The monoisotopic (exact) mass is 253 g/mol. The summed E-state index contributed by atoms with van der Waals surface area (Å²) in [4.78, 5) is 5.71. The lowest BCUT2D eigenvalue weighted by Gasteiger charge is -2.39. The Morgan fingerprint density at radius 2 is 1.61 bits per heavy atom. The van der Waals surface area contributed by atoms with Gasteiger partial charge in [0.2, 0.25) is 0 Å². The number of rotatable bonds is 5. The molecule has 0 aromatic heterocycles. The molecule has 106 valence electrons. The van der Waals surface area contributed by atoms with Gasteiger partial charge in [-0.3, -0.25) is 0 Å². The van der Waals surface area contributed by atoms with Gasteiger partial charge < -0.3 is 4.84 Å². The van der Waals surface area contributed by atoms with E-state index in [1.165, 1.54) is 57.8 Å². The molecule has 0 amide bonds. The summed E-state index contributed by atoms with van der Waals surface area (Å²) in [6.07, 6.45) is 12.9. The lowest BCUT2D eigenvalue weighted by atomic mass is 9.71. The third kappa shape index (κ3) is 4.24. The average Bonchev–Trinajstić information content (AvgIpc) is 2.40. The molecular formula is C16H31NO. The first-order valence-corrected chi connectivity index (χ1v) is 8.14. The summed E-state index contributed by atoms with van der Waals surface area (Å²) in [5.74, 6) is 2.47. The maximum absolute atomic E-state index is 5.71. The van der Waals surface area contributed by atoms with E-state index in [0.29, 0.717) is 12.0 Å². The van der Waals surface area contributed by atoms with Crippen molar-refractivity contribution in [1.82, 2.24) is 5.48 Å². The molecule has 0 heterocycles. The number of hydrogen-bond acceptors (Lipinski definition) is 2. The van der Waals surface area contributed by atoms with Gasteiger partial charge in [-0.1, -0.05) is 58.8 Å². The van der Waals surface area contributed by atoms with Crippen LogP contribution in [0.3, 0.4) is 0 Å². The Labute approximate surface area is 113 Å². The van der Waals surface area contributed by atoms with Crippen LogP contribution in [-0.2, 0) is 4.84 Å². The summed E-state index contributed by atoms with van der Waals surface area (Å²) in [5, 5.41) is 0. The minimum Gasteiger partial charge on any atom is -0.301 e. The first-order chi connectivity index (χ1) is 8.77. The minimum atomic E-state index is 0.620. The average molecular weight is 253 g/mol.